The minimum atomic E-state index is -0.181. The molecule has 0 spiro atoms. The van der Waals surface area contributed by atoms with E-state index in [0.29, 0.717) is 11.0 Å². The molecule has 0 unspecified atom stereocenters. The Labute approximate surface area is 97.0 Å². The maximum Gasteiger partial charge on any atom is 0.136 e. The van der Waals surface area contributed by atoms with Gasteiger partial charge in [0.2, 0.25) is 0 Å². The number of hydrogen-bond acceptors (Lipinski definition) is 1. The van der Waals surface area contributed by atoms with Crippen LogP contribution in [0.3, 0.4) is 0 Å². The maximum atomic E-state index is 13.0. The molecule has 2 rings (SSSR count). The van der Waals surface area contributed by atoms with Gasteiger partial charge in [0.1, 0.15) is 5.83 Å². The van der Waals surface area contributed by atoms with Gasteiger partial charge in [-0.1, -0.05) is 46.3 Å². The molecule has 0 aromatic heterocycles. The van der Waals surface area contributed by atoms with E-state index in [0.717, 1.165) is 6.54 Å². The molecule has 1 aromatic rings. The molecule has 15 heavy (non-hydrogen) atoms. The Morgan fingerprint density at radius 2 is 2.00 bits per heavy atom. The van der Waals surface area contributed by atoms with Crippen molar-refractivity contribution in [2.75, 3.05) is 6.54 Å². The lowest BCUT2D eigenvalue weighted by molar-refractivity contribution is 0.394. The van der Waals surface area contributed by atoms with Crippen molar-refractivity contribution in [3.8, 4) is 0 Å². The first-order valence-electron chi connectivity index (χ1n) is 4.76. The standard InChI is InChI=1S/C12H11BrFN/c13-11-9-15(7-6-12(11)14)8-10-4-2-1-3-5-10/h1-7H,8-9H2. The largest absolute Gasteiger partial charge is 0.368 e. The average molecular weight is 268 g/mol. The van der Waals surface area contributed by atoms with Gasteiger partial charge in [-0.05, 0) is 11.6 Å². The first-order valence-corrected chi connectivity index (χ1v) is 5.55. The molecular formula is C12H11BrFN. The summed E-state index contributed by atoms with van der Waals surface area (Å²) < 4.78 is 13.6. The lowest BCUT2D eigenvalue weighted by Gasteiger charge is -2.23. The van der Waals surface area contributed by atoms with Gasteiger partial charge >= 0.3 is 0 Å². The summed E-state index contributed by atoms with van der Waals surface area (Å²) in [6.07, 6.45) is 3.27. The predicted molar refractivity (Wildman–Crippen MR) is 63.1 cm³/mol. The van der Waals surface area contributed by atoms with Gasteiger partial charge in [-0.15, -0.1) is 0 Å². The zero-order valence-corrected chi connectivity index (χ0v) is 9.74. The van der Waals surface area contributed by atoms with Crippen LogP contribution in [0.2, 0.25) is 0 Å². The topological polar surface area (TPSA) is 3.24 Å². The van der Waals surface area contributed by atoms with E-state index in [4.69, 9.17) is 0 Å². The van der Waals surface area contributed by atoms with Crippen molar-refractivity contribution in [2.24, 2.45) is 0 Å². The Balaban J connectivity index is 2.02. The molecule has 0 aliphatic carbocycles. The van der Waals surface area contributed by atoms with E-state index in [1.807, 2.05) is 18.2 Å². The lowest BCUT2D eigenvalue weighted by atomic mass is 10.2. The third-order valence-electron chi connectivity index (χ3n) is 2.26. The van der Waals surface area contributed by atoms with Gasteiger partial charge in [-0.2, -0.15) is 0 Å². The third-order valence-corrected chi connectivity index (χ3v) is 2.89. The molecule has 3 heteroatoms. The molecule has 0 fully saturated rings. The van der Waals surface area contributed by atoms with Crippen LogP contribution in [0.4, 0.5) is 4.39 Å². The van der Waals surface area contributed by atoms with E-state index in [9.17, 15) is 4.39 Å². The highest BCUT2D eigenvalue weighted by molar-refractivity contribution is 9.11. The highest BCUT2D eigenvalue weighted by atomic mass is 79.9. The van der Waals surface area contributed by atoms with Crippen LogP contribution in [0.15, 0.2) is 52.9 Å². The highest BCUT2D eigenvalue weighted by Crippen LogP contribution is 2.22. The summed E-state index contributed by atoms with van der Waals surface area (Å²) >= 11 is 3.22. The summed E-state index contributed by atoms with van der Waals surface area (Å²) in [5.41, 5.74) is 1.23. The fourth-order valence-electron chi connectivity index (χ4n) is 1.49. The molecular weight excluding hydrogens is 257 g/mol. The second-order valence-corrected chi connectivity index (χ2v) is 4.42. The quantitative estimate of drug-likeness (QED) is 0.792. The maximum absolute atomic E-state index is 13.0. The minimum absolute atomic E-state index is 0.181. The number of nitrogens with zero attached hydrogens (tertiary/aromatic N) is 1. The van der Waals surface area contributed by atoms with Crippen molar-refractivity contribution in [3.63, 3.8) is 0 Å². The van der Waals surface area contributed by atoms with Crippen molar-refractivity contribution in [1.29, 1.82) is 0 Å². The van der Waals surface area contributed by atoms with Crippen molar-refractivity contribution in [1.82, 2.24) is 4.90 Å². The number of rotatable bonds is 2. The SMILES string of the molecule is FC1=C(Br)CN(Cc2ccccc2)C=C1. The van der Waals surface area contributed by atoms with Crippen LogP contribution in [0.5, 0.6) is 0 Å². The Morgan fingerprint density at radius 1 is 1.27 bits per heavy atom. The van der Waals surface area contributed by atoms with Crippen LogP contribution in [0, 0.1) is 0 Å². The summed E-state index contributed by atoms with van der Waals surface area (Å²) in [5, 5.41) is 0. The van der Waals surface area contributed by atoms with E-state index in [1.54, 1.807) is 6.20 Å². The van der Waals surface area contributed by atoms with Crippen molar-refractivity contribution < 1.29 is 4.39 Å². The van der Waals surface area contributed by atoms with Crippen molar-refractivity contribution in [3.05, 3.63) is 58.5 Å². The monoisotopic (exact) mass is 267 g/mol. The van der Waals surface area contributed by atoms with Gasteiger partial charge in [-0.25, -0.2) is 4.39 Å². The van der Waals surface area contributed by atoms with Crippen LogP contribution in [0.1, 0.15) is 5.56 Å². The van der Waals surface area contributed by atoms with Crippen LogP contribution in [0.25, 0.3) is 0 Å². The van der Waals surface area contributed by atoms with Gasteiger partial charge in [0.25, 0.3) is 0 Å². The average Bonchev–Trinajstić information content (AvgIpc) is 2.25. The predicted octanol–water partition coefficient (Wildman–Crippen LogP) is 3.59. The third kappa shape index (κ3) is 2.69. The molecule has 1 aliphatic heterocycles. The van der Waals surface area contributed by atoms with Crippen molar-refractivity contribution in [2.45, 2.75) is 6.54 Å². The Hall–Kier alpha value is -1.09. The van der Waals surface area contributed by atoms with E-state index in [1.165, 1.54) is 11.6 Å². The summed E-state index contributed by atoms with van der Waals surface area (Å²) in [6.45, 7) is 1.40. The van der Waals surface area contributed by atoms with E-state index in [2.05, 4.69) is 33.0 Å². The number of benzene rings is 1. The highest BCUT2D eigenvalue weighted by Gasteiger charge is 2.11. The normalized spacial score (nSPS) is 16.0. The number of allylic oxidation sites excluding steroid dienone is 2. The Kier molecular flexibility index (Phi) is 3.21. The first-order chi connectivity index (χ1) is 7.25. The van der Waals surface area contributed by atoms with Crippen molar-refractivity contribution >= 4 is 15.9 Å². The van der Waals surface area contributed by atoms with E-state index < -0.39 is 0 Å². The molecule has 0 saturated heterocycles. The molecule has 0 amide bonds. The van der Waals surface area contributed by atoms with Crippen LogP contribution < -0.4 is 0 Å². The Bertz CT molecular complexity index is 397. The molecule has 78 valence electrons. The molecule has 0 bridgehead atoms. The zero-order chi connectivity index (χ0) is 10.7. The van der Waals surface area contributed by atoms with E-state index >= 15 is 0 Å². The van der Waals surface area contributed by atoms with Gasteiger partial charge in [-0.3, -0.25) is 0 Å². The number of halogens is 2. The summed E-state index contributed by atoms with van der Waals surface area (Å²) in [4.78, 5) is 2.06. The summed E-state index contributed by atoms with van der Waals surface area (Å²) in [6, 6.07) is 10.1. The fraction of sp³-hybridized carbons (Fsp3) is 0.167. The summed E-state index contributed by atoms with van der Waals surface area (Å²) in [7, 11) is 0. The molecule has 0 radical (unpaired) electrons. The molecule has 1 heterocycles. The summed E-state index contributed by atoms with van der Waals surface area (Å²) in [5.74, 6) is -0.181. The first kappa shape index (κ1) is 10.4. The smallest absolute Gasteiger partial charge is 0.136 e. The van der Waals surface area contributed by atoms with Gasteiger partial charge < -0.3 is 4.90 Å². The Morgan fingerprint density at radius 3 is 2.67 bits per heavy atom. The van der Waals surface area contributed by atoms with Crippen LogP contribution in [-0.2, 0) is 6.54 Å². The molecule has 0 saturated carbocycles. The van der Waals surface area contributed by atoms with Gasteiger partial charge in [0.05, 0.1) is 11.0 Å². The minimum Gasteiger partial charge on any atom is -0.368 e. The molecule has 0 atom stereocenters. The second kappa shape index (κ2) is 4.62. The fourth-order valence-corrected chi connectivity index (χ4v) is 1.95. The lowest BCUT2D eigenvalue weighted by Crippen LogP contribution is -2.20. The van der Waals surface area contributed by atoms with Crippen LogP contribution >= 0.6 is 15.9 Å². The number of hydrogen-bond donors (Lipinski definition) is 0. The zero-order valence-electron chi connectivity index (χ0n) is 8.16. The van der Waals surface area contributed by atoms with E-state index in [-0.39, 0.29) is 5.83 Å². The molecule has 1 aliphatic rings. The molecule has 1 aromatic carbocycles. The molecule has 1 nitrogen and oxygen atoms in total. The van der Waals surface area contributed by atoms with Gasteiger partial charge in [0.15, 0.2) is 0 Å². The molecule has 0 N–H and O–H groups in total. The van der Waals surface area contributed by atoms with Gasteiger partial charge in [0, 0.05) is 12.7 Å². The second-order valence-electron chi connectivity index (χ2n) is 3.46. The van der Waals surface area contributed by atoms with Crippen LogP contribution in [-0.4, -0.2) is 11.4 Å².